The summed E-state index contributed by atoms with van der Waals surface area (Å²) in [4.78, 5) is 10.9. The number of hydrogen-bond acceptors (Lipinski definition) is 7. The SMILES string of the molecule is COc1ccc(CCNc2cc(C)nc(N(C)C3CCS(=O)(=O)C3)n2)cc1. The van der Waals surface area contributed by atoms with Crippen LogP contribution in [0.4, 0.5) is 11.8 Å². The number of hydrogen-bond donors (Lipinski definition) is 1. The molecule has 0 spiro atoms. The summed E-state index contributed by atoms with van der Waals surface area (Å²) in [6.07, 6.45) is 1.48. The first-order valence-electron chi connectivity index (χ1n) is 9.02. The van der Waals surface area contributed by atoms with Crippen LogP contribution in [0.25, 0.3) is 0 Å². The maximum absolute atomic E-state index is 11.7. The quantitative estimate of drug-likeness (QED) is 0.775. The van der Waals surface area contributed by atoms with Gasteiger partial charge in [-0.15, -0.1) is 0 Å². The van der Waals surface area contributed by atoms with Crippen LogP contribution >= 0.6 is 0 Å². The predicted molar refractivity (Wildman–Crippen MR) is 107 cm³/mol. The van der Waals surface area contributed by atoms with E-state index in [1.54, 1.807) is 7.11 Å². The van der Waals surface area contributed by atoms with Crippen LogP contribution < -0.4 is 15.0 Å². The van der Waals surface area contributed by atoms with E-state index in [0.29, 0.717) is 12.4 Å². The minimum atomic E-state index is -2.94. The molecule has 1 aliphatic heterocycles. The third-order valence-corrected chi connectivity index (χ3v) is 6.54. The van der Waals surface area contributed by atoms with E-state index in [1.807, 2.05) is 49.2 Å². The second-order valence-electron chi connectivity index (χ2n) is 6.89. The molecule has 2 aromatic rings. The smallest absolute Gasteiger partial charge is 0.227 e. The lowest BCUT2D eigenvalue weighted by Gasteiger charge is -2.24. The van der Waals surface area contributed by atoms with Crippen LogP contribution in [0, 0.1) is 6.92 Å². The van der Waals surface area contributed by atoms with Crippen LogP contribution in [0.2, 0.25) is 0 Å². The minimum absolute atomic E-state index is 0.0658. The summed E-state index contributed by atoms with van der Waals surface area (Å²) in [6.45, 7) is 2.66. The Kier molecular flexibility index (Phi) is 5.84. The van der Waals surface area contributed by atoms with Crippen molar-refractivity contribution in [2.45, 2.75) is 25.8 Å². The largest absolute Gasteiger partial charge is 0.497 e. The first-order chi connectivity index (χ1) is 12.9. The molecule has 0 bridgehead atoms. The topological polar surface area (TPSA) is 84.4 Å². The lowest BCUT2D eigenvalue weighted by Crippen LogP contribution is -2.34. The van der Waals surface area contributed by atoms with Gasteiger partial charge in [0.15, 0.2) is 9.84 Å². The first-order valence-corrected chi connectivity index (χ1v) is 10.8. The van der Waals surface area contributed by atoms with Gasteiger partial charge >= 0.3 is 0 Å². The molecule has 2 heterocycles. The highest BCUT2D eigenvalue weighted by Gasteiger charge is 2.31. The van der Waals surface area contributed by atoms with Crippen molar-refractivity contribution in [1.29, 1.82) is 0 Å². The van der Waals surface area contributed by atoms with E-state index in [4.69, 9.17) is 4.74 Å². The predicted octanol–water partition coefficient (Wildman–Crippen LogP) is 2.07. The Balaban J connectivity index is 1.62. The third-order valence-electron chi connectivity index (χ3n) is 4.79. The minimum Gasteiger partial charge on any atom is -0.497 e. The van der Waals surface area contributed by atoms with Gasteiger partial charge in [-0.05, 0) is 37.5 Å². The Morgan fingerprint density at radius 3 is 2.63 bits per heavy atom. The summed E-state index contributed by atoms with van der Waals surface area (Å²) in [5.41, 5.74) is 2.06. The molecule has 1 fully saturated rings. The summed E-state index contributed by atoms with van der Waals surface area (Å²) in [6, 6.07) is 9.83. The van der Waals surface area contributed by atoms with Crippen LogP contribution in [0.3, 0.4) is 0 Å². The first kappa shape index (κ1) is 19.4. The standard InChI is InChI=1S/C19H26N4O3S/c1-14-12-18(20-10-8-15-4-6-17(26-3)7-5-15)22-19(21-14)23(2)16-9-11-27(24,25)13-16/h4-7,12,16H,8-11,13H2,1-3H3,(H,20,21,22). The number of aryl methyl sites for hydroxylation is 1. The van der Waals surface area contributed by atoms with Gasteiger partial charge in [-0.1, -0.05) is 12.1 Å². The van der Waals surface area contributed by atoms with E-state index in [0.717, 1.165) is 30.2 Å². The van der Waals surface area contributed by atoms with E-state index in [2.05, 4.69) is 15.3 Å². The van der Waals surface area contributed by atoms with Crippen molar-refractivity contribution in [3.05, 3.63) is 41.6 Å². The van der Waals surface area contributed by atoms with Gasteiger partial charge in [0.25, 0.3) is 0 Å². The van der Waals surface area contributed by atoms with Gasteiger partial charge in [0.1, 0.15) is 11.6 Å². The molecule has 0 amide bonds. The van der Waals surface area contributed by atoms with Crippen molar-refractivity contribution < 1.29 is 13.2 Å². The number of aromatic nitrogens is 2. The number of sulfone groups is 1. The molecule has 0 aliphatic carbocycles. The van der Waals surface area contributed by atoms with Crippen molar-refractivity contribution in [2.75, 3.05) is 42.4 Å². The van der Waals surface area contributed by atoms with E-state index in [9.17, 15) is 8.42 Å². The lowest BCUT2D eigenvalue weighted by molar-refractivity contribution is 0.414. The Labute approximate surface area is 160 Å². The molecule has 1 N–H and O–H groups in total. The molecular weight excluding hydrogens is 364 g/mol. The van der Waals surface area contributed by atoms with E-state index >= 15 is 0 Å². The fourth-order valence-corrected chi connectivity index (χ4v) is 4.95. The Hall–Kier alpha value is -2.35. The summed E-state index contributed by atoms with van der Waals surface area (Å²) in [5.74, 6) is 2.56. The number of ether oxygens (including phenoxy) is 1. The Morgan fingerprint density at radius 1 is 1.26 bits per heavy atom. The average molecular weight is 391 g/mol. The zero-order valence-electron chi connectivity index (χ0n) is 16.0. The molecule has 1 saturated heterocycles. The number of methoxy groups -OCH3 is 1. The van der Waals surface area contributed by atoms with E-state index in [-0.39, 0.29) is 17.5 Å². The van der Waals surface area contributed by atoms with Crippen LogP contribution in [-0.2, 0) is 16.3 Å². The number of benzene rings is 1. The molecule has 1 aromatic heterocycles. The van der Waals surface area contributed by atoms with E-state index < -0.39 is 9.84 Å². The van der Waals surface area contributed by atoms with Gasteiger partial charge in [-0.2, -0.15) is 4.98 Å². The number of nitrogens with zero attached hydrogens (tertiary/aromatic N) is 3. The maximum Gasteiger partial charge on any atom is 0.227 e. The zero-order valence-corrected chi connectivity index (χ0v) is 16.8. The highest BCUT2D eigenvalue weighted by atomic mass is 32.2. The molecule has 146 valence electrons. The Bertz CT molecular complexity index is 884. The van der Waals surface area contributed by atoms with Gasteiger partial charge in [-0.3, -0.25) is 0 Å². The molecule has 1 aromatic carbocycles. The average Bonchev–Trinajstić information content (AvgIpc) is 3.01. The molecule has 27 heavy (non-hydrogen) atoms. The monoisotopic (exact) mass is 390 g/mol. The van der Waals surface area contributed by atoms with Crippen molar-refractivity contribution in [1.82, 2.24) is 9.97 Å². The van der Waals surface area contributed by atoms with Gasteiger partial charge in [0, 0.05) is 31.4 Å². The van der Waals surface area contributed by atoms with Crippen molar-refractivity contribution in [3.8, 4) is 5.75 Å². The van der Waals surface area contributed by atoms with Crippen molar-refractivity contribution in [2.24, 2.45) is 0 Å². The van der Waals surface area contributed by atoms with Crippen LogP contribution in [0.5, 0.6) is 5.75 Å². The zero-order chi connectivity index (χ0) is 19.4. The fourth-order valence-electron chi connectivity index (χ4n) is 3.17. The molecule has 0 saturated carbocycles. The van der Waals surface area contributed by atoms with Crippen LogP contribution in [-0.4, -0.2) is 56.6 Å². The molecule has 8 heteroatoms. The van der Waals surface area contributed by atoms with Gasteiger partial charge < -0.3 is 15.0 Å². The van der Waals surface area contributed by atoms with Crippen molar-refractivity contribution in [3.63, 3.8) is 0 Å². The maximum atomic E-state index is 11.7. The van der Waals surface area contributed by atoms with Crippen LogP contribution in [0.1, 0.15) is 17.7 Å². The van der Waals surface area contributed by atoms with Gasteiger partial charge in [0.2, 0.25) is 5.95 Å². The van der Waals surface area contributed by atoms with Gasteiger partial charge in [-0.25, -0.2) is 13.4 Å². The summed E-state index contributed by atoms with van der Waals surface area (Å²) < 4.78 is 28.7. The number of rotatable bonds is 7. The number of nitrogens with one attached hydrogen (secondary N) is 1. The third kappa shape index (κ3) is 5.09. The highest BCUT2D eigenvalue weighted by molar-refractivity contribution is 7.91. The second kappa shape index (κ2) is 8.12. The Morgan fingerprint density at radius 2 is 2.00 bits per heavy atom. The molecule has 3 rings (SSSR count). The molecular formula is C19H26N4O3S. The summed E-state index contributed by atoms with van der Waals surface area (Å²) >= 11 is 0. The molecule has 1 unspecified atom stereocenters. The molecule has 0 radical (unpaired) electrons. The summed E-state index contributed by atoms with van der Waals surface area (Å²) in [5, 5.41) is 3.34. The van der Waals surface area contributed by atoms with Crippen LogP contribution in [0.15, 0.2) is 30.3 Å². The molecule has 7 nitrogen and oxygen atoms in total. The normalized spacial score (nSPS) is 18.3. The summed E-state index contributed by atoms with van der Waals surface area (Å²) in [7, 11) is 0.578. The highest BCUT2D eigenvalue weighted by Crippen LogP contribution is 2.22. The molecule has 1 aliphatic rings. The second-order valence-corrected chi connectivity index (χ2v) is 9.12. The number of anilines is 2. The van der Waals surface area contributed by atoms with Gasteiger partial charge in [0.05, 0.1) is 18.6 Å². The molecule has 1 atom stereocenters. The lowest BCUT2D eigenvalue weighted by atomic mass is 10.1. The van der Waals surface area contributed by atoms with Crippen molar-refractivity contribution >= 4 is 21.6 Å². The van der Waals surface area contributed by atoms with E-state index in [1.165, 1.54) is 5.56 Å². The fraction of sp³-hybridized carbons (Fsp3) is 0.474.